The number of benzene rings is 2. The third kappa shape index (κ3) is 7.19. The quantitative estimate of drug-likeness (QED) is 0.697. The van der Waals surface area contributed by atoms with E-state index in [9.17, 15) is 14.4 Å². The van der Waals surface area contributed by atoms with E-state index in [0.29, 0.717) is 18.9 Å². The fourth-order valence-electron chi connectivity index (χ4n) is 2.09. The van der Waals surface area contributed by atoms with Crippen LogP contribution >= 0.6 is 0 Å². The van der Waals surface area contributed by atoms with Gasteiger partial charge in [-0.25, -0.2) is 9.59 Å². The first-order chi connectivity index (χ1) is 13.1. The number of carbonyl (C=O) groups is 3. The van der Waals surface area contributed by atoms with Crippen molar-refractivity contribution in [2.24, 2.45) is 0 Å². The van der Waals surface area contributed by atoms with Gasteiger partial charge in [0, 0.05) is 6.54 Å². The van der Waals surface area contributed by atoms with E-state index in [1.54, 1.807) is 24.3 Å². The molecule has 0 aliphatic heterocycles. The normalized spacial score (nSPS) is 9.96. The molecule has 142 valence electrons. The van der Waals surface area contributed by atoms with Gasteiger partial charge in [-0.1, -0.05) is 37.3 Å². The maximum Gasteiger partial charge on any atom is 0.338 e. The van der Waals surface area contributed by atoms with Crippen molar-refractivity contribution in [3.63, 3.8) is 0 Å². The zero-order valence-electron chi connectivity index (χ0n) is 15.1. The van der Waals surface area contributed by atoms with Crippen LogP contribution in [0, 0.1) is 0 Å². The highest BCUT2D eigenvalue weighted by atomic mass is 16.5. The van der Waals surface area contributed by atoms with E-state index in [-0.39, 0.29) is 5.56 Å². The van der Waals surface area contributed by atoms with E-state index >= 15 is 0 Å². The van der Waals surface area contributed by atoms with Crippen molar-refractivity contribution in [2.75, 3.05) is 13.2 Å². The molecule has 0 heterocycles. The highest BCUT2D eigenvalue weighted by Crippen LogP contribution is 2.15. The lowest BCUT2D eigenvalue weighted by Gasteiger charge is -2.08. The Bertz CT molecular complexity index is 760. The summed E-state index contributed by atoms with van der Waals surface area (Å²) in [5.41, 5.74) is 1.32. The first-order valence-electron chi connectivity index (χ1n) is 8.60. The molecule has 0 aliphatic carbocycles. The Labute approximate surface area is 157 Å². The Morgan fingerprint density at radius 2 is 1.67 bits per heavy atom. The van der Waals surface area contributed by atoms with Crippen LogP contribution in [0.1, 0.15) is 29.3 Å². The van der Waals surface area contributed by atoms with Crippen LogP contribution in [0.3, 0.4) is 0 Å². The van der Waals surface area contributed by atoms with Crippen LogP contribution < -0.4 is 15.4 Å². The number of esters is 1. The second-order valence-electron chi connectivity index (χ2n) is 5.68. The van der Waals surface area contributed by atoms with Crippen LogP contribution in [-0.2, 0) is 16.1 Å². The van der Waals surface area contributed by atoms with Gasteiger partial charge in [-0.05, 0) is 36.2 Å². The number of imide groups is 1. The molecule has 2 aromatic rings. The molecule has 0 saturated carbocycles. The molecule has 2 aromatic carbocycles. The summed E-state index contributed by atoms with van der Waals surface area (Å²) in [4.78, 5) is 34.8. The van der Waals surface area contributed by atoms with E-state index in [2.05, 4.69) is 10.6 Å². The Morgan fingerprint density at radius 1 is 0.963 bits per heavy atom. The number of urea groups is 1. The molecule has 2 rings (SSSR count). The molecule has 27 heavy (non-hydrogen) atoms. The van der Waals surface area contributed by atoms with E-state index in [4.69, 9.17) is 9.47 Å². The SMILES string of the molecule is CCCNC(=O)NC(=O)COC(=O)c1ccc(OCc2ccccc2)cc1. The summed E-state index contributed by atoms with van der Waals surface area (Å²) in [6, 6.07) is 15.5. The topological polar surface area (TPSA) is 93.7 Å². The summed E-state index contributed by atoms with van der Waals surface area (Å²) in [5.74, 6) is -0.741. The second kappa shape index (κ2) is 10.6. The summed E-state index contributed by atoms with van der Waals surface area (Å²) >= 11 is 0. The first-order valence-corrected chi connectivity index (χ1v) is 8.60. The van der Waals surface area contributed by atoms with Crippen LogP contribution in [0.5, 0.6) is 5.75 Å². The minimum Gasteiger partial charge on any atom is -0.489 e. The third-order valence-electron chi connectivity index (χ3n) is 3.46. The van der Waals surface area contributed by atoms with E-state index < -0.39 is 24.5 Å². The van der Waals surface area contributed by atoms with Crippen LogP contribution in [0.15, 0.2) is 54.6 Å². The molecule has 7 heteroatoms. The first kappa shape index (κ1) is 20.0. The number of nitrogens with one attached hydrogen (secondary N) is 2. The molecule has 0 bridgehead atoms. The summed E-state index contributed by atoms with van der Waals surface area (Å²) < 4.78 is 10.5. The van der Waals surface area contributed by atoms with Crippen molar-refractivity contribution in [3.8, 4) is 5.75 Å². The van der Waals surface area contributed by atoms with E-state index in [1.807, 2.05) is 37.3 Å². The number of amides is 3. The predicted molar refractivity (Wildman–Crippen MR) is 99.3 cm³/mol. The molecular weight excluding hydrogens is 348 g/mol. The zero-order chi connectivity index (χ0) is 19.5. The Hall–Kier alpha value is -3.35. The molecule has 3 amide bonds. The van der Waals surface area contributed by atoms with Gasteiger partial charge in [0.2, 0.25) is 0 Å². The van der Waals surface area contributed by atoms with Gasteiger partial charge in [-0.2, -0.15) is 0 Å². The molecule has 0 unspecified atom stereocenters. The van der Waals surface area contributed by atoms with Crippen LogP contribution in [0.25, 0.3) is 0 Å². The maximum absolute atomic E-state index is 12.0. The number of carbonyl (C=O) groups excluding carboxylic acids is 3. The van der Waals surface area contributed by atoms with Gasteiger partial charge in [-0.3, -0.25) is 10.1 Å². The van der Waals surface area contributed by atoms with Gasteiger partial charge >= 0.3 is 12.0 Å². The minimum atomic E-state index is -0.695. The fourth-order valence-corrected chi connectivity index (χ4v) is 2.09. The minimum absolute atomic E-state index is 0.283. The van der Waals surface area contributed by atoms with E-state index in [1.165, 1.54) is 0 Å². The number of rotatable bonds is 8. The third-order valence-corrected chi connectivity index (χ3v) is 3.46. The van der Waals surface area contributed by atoms with Crippen molar-refractivity contribution < 1.29 is 23.9 Å². The van der Waals surface area contributed by atoms with Crippen molar-refractivity contribution in [3.05, 3.63) is 65.7 Å². The predicted octanol–water partition coefficient (Wildman–Crippen LogP) is 2.66. The Kier molecular flexibility index (Phi) is 7.84. The zero-order valence-corrected chi connectivity index (χ0v) is 15.1. The highest BCUT2D eigenvalue weighted by Gasteiger charge is 2.12. The number of ether oxygens (including phenoxy) is 2. The molecule has 0 aromatic heterocycles. The lowest BCUT2D eigenvalue weighted by atomic mass is 10.2. The average Bonchev–Trinajstić information content (AvgIpc) is 2.70. The Balaban J connectivity index is 1.76. The molecular formula is C20H22N2O5. The summed E-state index contributed by atoms with van der Waals surface area (Å²) in [5, 5.41) is 4.56. The summed E-state index contributed by atoms with van der Waals surface area (Å²) in [6.07, 6.45) is 0.752. The van der Waals surface area contributed by atoms with Gasteiger partial charge in [0.15, 0.2) is 6.61 Å². The Morgan fingerprint density at radius 3 is 2.33 bits per heavy atom. The van der Waals surface area contributed by atoms with Crippen molar-refractivity contribution in [1.82, 2.24) is 10.6 Å². The van der Waals surface area contributed by atoms with Crippen LogP contribution in [-0.4, -0.2) is 31.1 Å². The molecule has 0 radical (unpaired) electrons. The molecule has 0 fully saturated rings. The molecule has 0 spiro atoms. The molecule has 0 aliphatic rings. The van der Waals surface area contributed by atoms with Gasteiger partial charge in [0.05, 0.1) is 5.56 Å². The van der Waals surface area contributed by atoms with Gasteiger partial charge in [0.1, 0.15) is 12.4 Å². The van der Waals surface area contributed by atoms with Gasteiger partial charge < -0.3 is 14.8 Å². The van der Waals surface area contributed by atoms with E-state index in [0.717, 1.165) is 12.0 Å². The number of hydrogen-bond donors (Lipinski definition) is 2. The molecule has 7 nitrogen and oxygen atoms in total. The molecule has 0 atom stereocenters. The van der Waals surface area contributed by atoms with Gasteiger partial charge in [0.25, 0.3) is 5.91 Å². The van der Waals surface area contributed by atoms with Crippen LogP contribution in [0.4, 0.5) is 4.79 Å². The standard InChI is InChI=1S/C20H22N2O5/c1-2-12-21-20(25)22-18(23)14-27-19(24)16-8-10-17(11-9-16)26-13-15-6-4-3-5-7-15/h3-11H,2,12-14H2,1H3,(H2,21,22,23,25). The lowest BCUT2D eigenvalue weighted by molar-refractivity contribution is -0.123. The van der Waals surface area contributed by atoms with Crippen LogP contribution in [0.2, 0.25) is 0 Å². The molecule has 0 saturated heterocycles. The fraction of sp³-hybridized carbons (Fsp3) is 0.250. The van der Waals surface area contributed by atoms with Crippen molar-refractivity contribution in [1.29, 1.82) is 0 Å². The molecule has 2 N–H and O–H groups in total. The number of hydrogen-bond acceptors (Lipinski definition) is 5. The lowest BCUT2D eigenvalue weighted by Crippen LogP contribution is -2.41. The summed E-state index contributed by atoms with van der Waals surface area (Å²) in [6.45, 7) is 2.23. The van der Waals surface area contributed by atoms with Gasteiger partial charge in [-0.15, -0.1) is 0 Å². The second-order valence-corrected chi connectivity index (χ2v) is 5.68. The maximum atomic E-state index is 12.0. The van der Waals surface area contributed by atoms with Crippen molar-refractivity contribution >= 4 is 17.9 Å². The average molecular weight is 370 g/mol. The monoisotopic (exact) mass is 370 g/mol. The highest BCUT2D eigenvalue weighted by molar-refractivity contribution is 5.97. The largest absolute Gasteiger partial charge is 0.489 e. The smallest absolute Gasteiger partial charge is 0.338 e. The summed E-state index contributed by atoms with van der Waals surface area (Å²) in [7, 11) is 0. The van der Waals surface area contributed by atoms with Crippen molar-refractivity contribution in [2.45, 2.75) is 20.0 Å².